The molecule has 0 atom stereocenters. The molecule has 2 N–H and O–H groups in total. The molecule has 0 amide bonds. The van der Waals surface area contributed by atoms with Gasteiger partial charge in [0, 0.05) is 32.2 Å². The summed E-state index contributed by atoms with van der Waals surface area (Å²) in [6.45, 7) is 0.578. The number of hydrogen-bond acceptors (Lipinski definition) is 5. The molecule has 0 radical (unpaired) electrons. The number of hydrogen-bond donors (Lipinski definition) is 2. The Hall–Kier alpha value is -2.64. The van der Waals surface area contributed by atoms with Crippen molar-refractivity contribution in [2.75, 3.05) is 19.4 Å². The SMILES string of the molecule is CNCc1cc(-c2ccccc2)n(S(=O)(=O)c2cnccc2NC)c1. The second kappa shape index (κ2) is 7.08. The molecule has 3 aromatic rings. The predicted octanol–water partition coefficient (Wildman–Crippen LogP) is 2.55. The van der Waals surface area contributed by atoms with Crippen LogP contribution in [0.5, 0.6) is 0 Å². The van der Waals surface area contributed by atoms with Gasteiger partial charge in [-0.2, -0.15) is 0 Å². The lowest BCUT2D eigenvalue weighted by atomic mass is 10.1. The van der Waals surface area contributed by atoms with Crippen LogP contribution in [0.2, 0.25) is 0 Å². The normalized spacial score (nSPS) is 11.4. The number of nitrogens with zero attached hydrogens (tertiary/aromatic N) is 2. The minimum Gasteiger partial charge on any atom is -0.387 e. The van der Waals surface area contributed by atoms with Gasteiger partial charge >= 0.3 is 0 Å². The van der Waals surface area contributed by atoms with E-state index in [0.717, 1.165) is 11.1 Å². The summed E-state index contributed by atoms with van der Waals surface area (Å²) in [6.07, 6.45) is 4.58. The molecule has 0 aliphatic rings. The summed E-state index contributed by atoms with van der Waals surface area (Å²) in [5.74, 6) is 0. The van der Waals surface area contributed by atoms with Gasteiger partial charge in [0.05, 0.1) is 11.4 Å². The highest BCUT2D eigenvalue weighted by atomic mass is 32.2. The zero-order chi connectivity index (χ0) is 17.9. The number of rotatable bonds is 6. The van der Waals surface area contributed by atoms with E-state index in [2.05, 4.69) is 15.6 Å². The summed E-state index contributed by atoms with van der Waals surface area (Å²) in [4.78, 5) is 4.13. The van der Waals surface area contributed by atoms with Crippen molar-refractivity contribution < 1.29 is 8.42 Å². The second-order valence-corrected chi connectivity index (χ2v) is 7.34. The van der Waals surface area contributed by atoms with Crippen molar-refractivity contribution in [3.05, 3.63) is 66.6 Å². The van der Waals surface area contributed by atoms with Gasteiger partial charge in [0.1, 0.15) is 4.90 Å². The number of anilines is 1. The molecule has 0 spiro atoms. The average molecular weight is 356 g/mol. The van der Waals surface area contributed by atoms with E-state index in [1.165, 1.54) is 10.2 Å². The standard InChI is InChI=1S/C18H20N4O2S/c1-19-11-14-10-17(15-6-4-3-5-7-15)22(13-14)25(23,24)18-12-21-9-8-16(18)20-2/h3-10,12-13,19H,11H2,1-2H3,(H,20,21). The summed E-state index contributed by atoms with van der Waals surface area (Å²) >= 11 is 0. The Kier molecular flexibility index (Phi) is 4.87. The van der Waals surface area contributed by atoms with E-state index in [9.17, 15) is 8.42 Å². The Balaban J connectivity index is 2.22. The monoisotopic (exact) mass is 356 g/mol. The largest absolute Gasteiger partial charge is 0.387 e. The molecule has 0 aliphatic heterocycles. The molecule has 0 fully saturated rings. The quantitative estimate of drug-likeness (QED) is 0.710. The van der Waals surface area contributed by atoms with Gasteiger partial charge in [-0.1, -0.05) is 30.3 Å². The van der Waals surface area contributed by atoms with E-state index in [-0.39, 0.29) is 4.90 Å². The first-order valence-electron chi connectivity index (χ1n) is 7.86. The molecule has 0 saturated carbocycles. The highest BCUT2D eigenvalue weighted by Crippen LogP contribution is 2.29. The molecule has 0 saturated heterocycles. The van der Waals surface area contributed by atoms with E-state index in [1.54, 1.807) is 25.5 Å². The Morgan fingerprint density at radius 1 is 1.12 bits per heavy atom. The lowest BCUT2D eigenvalue weighted by Crippen LogP contribution is -2.15. The lowest BCUT2D eigenvalue weighted by Gasteiger charge is -2.13. The van der Waals surface area contributed by atoms with Gasteiger partial charge in [-0.25, -0.2) is 12.4 Å². The third-order valence-electron chi connectivity index (χ3n) is 3.88. The molecule has 2 heterocycles. The van der Waals surface area contributed by atoms with Crippen LogP contribution in [0.15, 0.2) is 66.0 Å². The molecule has 2 aromatic heterocycles. The fraction of sp³-hybridized carbons (Fsp3) is 0.167. The van der Waals surface area contributed by atoms with Crippen LogP contribution in [0.3, 0.4) is 0 Å². The molecule has 0 bridgehead atoms. The molecule has 6 nitrogen and oxygen atoms in total. The van der Waals surface area contributed by atoms with Gasteiger partial charge in [0.2, 0.25) is 0 Å². The number of pyridine rings is 1. The van der Waals surface area contributed by atoms with Gasteiger partial charge in [0.25, 0.3) is 10.0 Å². The second-order valence-electron chi connectivity index (χ2n) is 5.55. The smallest absolute Gasteiger partial charge is 0.271 e. The van der Waals surface area contributed by atoms with Crippen LogP contribution in [0.25, 0.3) is 11.3 Å². The van der Waals surface area contributed by atoms with Crippen molar-refractivity contribution in [2.24, 2.45) is 0 Å². The number of aromatic nitrogens is 2. The maximum atomic E-state index is 13.3. The van der Waals surface area contributed by atoms with Crippen molar-refractivity contribution in [1.29, 1.82) is 0 Å². The van der Waals surface area contributed by atoms with Gasteiger partial charge in [-0.05, 0) is 30.3 Å². The summed E-state index contributed by atoms with van der Waals surface area (Å²) in [7, 11) is -0.277. The highest BCUT2D eigenvalue weighted by molar-refractivity contribution is 7.90. The van der Waals surface area contributed by atoms with E-state index in [0.29, 0.717) is 17.9 Å². The summed E-state index contributed by atoms with van der Waals surface area (Å²) in [6, 6.07) is 13.0. The van der Waals surface area contributed by atoms with Gasteiger partial charge in [-0.15, -0.1) is 0 Å². The van der Waals surface area contributed by atoms with Crippen LogP contribution in [0.1, 0.15) is 5.56 Å². The summed E-state index contributed by atoms with van der Waals surface area (Å²) in [5.41, 5.74) is 2.86. The molecule has 0 aliphatic carbocycles. The molecule has 3 rings (SSSR count). The fourth-order valence-corrected chi connectivity index (χ4v) is 4.26. The van der Waals surface area contributed by atoms with E-state index >= 15 is 0 Å². The van der Waals surface area contributed by atoms with Crippen LogP contribution in [0.4, 0.5) is 5.69 Å². The Labute approximate surface area is 147 Å². The van der Waals surface area contributed by atoms with E-state index in [1.807, 2.05) is 43.4 Å². The van der Waals surface area contributed by atoms with Gasteiger partial charge in [-0.3, -0.25) is 4.98 Å². The van der Waals surface area contributed by atoms with Crippen molar-refractivity contribution >= 4 is 15.7 Å². The third-order valence-corrected chi connectivity index (χ3v) is 5.58. The molecule has 7 heteroatoms. The maximum Gasteiger partial charge on any atom is 0.271 e. The van der Waals surface area contributed by atoms with Crippen LogP contribution in [-0.4, -0.2) is 31.5 Å². The predicted molar refractivity (Wildman–Crippen MR) is 99.0 cm³/mol. The average Bonchev–Trinajstić information content (AvgIpc) is 3.07. The number of benzene rings is 1. The Morgan fingerprint density at radius 3 is 2.56 bits per heavy atom. The van der Waals surface area contributed by atoms with Crippen molar-refractivity contribution in [1.82, 2.24) is 14.3 Å². The van der Waals surface area contributed by atoms with Crippen LogP contribution >= 0.6 is 0 Å². The van der Waals surface area contributed by atoms with Crippen molar-refractivity contribution in [3.63, 3.8) is 0 Å². The van der Waals surface area contributed by atoms with E-state index in [4.69, 9.17) is 0 Å². The first kappa shape index (κ1) is 17.2. The topological polar surface area (TPSA) is 76.0 Å². The van der Waals surface area contributed by atoms with Crippen LogP contribution in [-0.2, 0) is 16.6 Å². The first-order chi connectivity index (χ1) is 12.1. The molecule has 25 heavy (non-hydrogen) atoms. The zero-order valence-electron chi connectivity index (χ0n) is 14.1. The minimum absolute atomic E-state index is 0.140. The zero-order valence-corrected chi connectivity index (χ0v) is 14.9. The number of nitrogens with one attached hydrogen (secondary N) is 2. The van der Waals surface area contributed by atoms with Crippen molar-refractivity contribution in [3.8, 4) is 11.3 Å². The molecule has 0 unspecified atom stereocenters. The lowest BCUT2D eigenvalue weighted by molar-refractivity contribution is 0.588. The third kappa shape index (κ3) is 3.29. The van der Waals surface area contributed by atoms with Crippen LogP contribution in [0, 0.1) is 0 Å². The summed E-state index contributed by atoms with van der Waals surface area (Å²) in [5, 5.41) is 5.97. The molecule has 130 valence electrons. The van der Waals surface area contributed by atoms with Crippen molar-refractivity contribution in [2.45, 2.75) is 11.4 Å². The molecular formula is C18H20N4O2S. The minimum atomic E-state index is -3.79. The fourth-order valence-electron chi connectivity index (χ4n) is 2.71. The van der Waals surface area contributed by atoms with E-state index < -0.39 is 10.0 Å². The van der Waals surface area contributed by atoms with Gasteiger partial charge in [0.15, 0.2) is 0 Å². The first-order valence-corrected chi connectivity index (χ1v) is 9.30. The Bertz CT molecular complexity index is 966. The summed E-state index contributed by atoms with van der Waals surface area (Å²) < 4.78 is 27.9. The molecule has 1 aromatic carbocycles. The maximum absolute atomic E-state index is 13.3. The Morgan fingerprint density at radius 2 is 1.88 bits per heavy atom. The molecular weight excluding hydrogens is 336 g/mol. The van der Waals surface area contributed by atoms with Crippen LogP contribution < -0.4 is 10.6 Å². The highest BCUT2D eigenvalue weighted by Gasteiger charge is 2.24. The van der Waals surface area contributed by atoms with Gasteiger partial charge < -0.3 is 10.6 Å².